The third-order valence-corrected chi connectivity index (χ3v) is 6.79. The molecule has 1 aliphatic heterocycles. The first-order valence-corrected chi connectivity index (χ1v) is 11.7. The van der Waals surface area contributed by atoms with Crippen molar-refractivity contribution in [3.8, 4) is 0 Å². The topological polar surface area (TPSA) is 119 Å². The van der Waals surface area contributed by atoms with Crippen molar-refractivity contribution in [1.82, 2.24) is 0 Å². The van der Waals surface area contributed by atoms with Crippen LogP contribution in [0.1, 0.15) is 49.1 Å². The summed E-state index contributed by atoms with van der Waals surface area (Å²) >= 11 is 1.36. The summed E-state index contributed by atoms with van der Waals surface area (Å²) in [6.45, 7) is 1.40. The highest BCUT2D eigenvalue weighted by atomic mass is 32.2. The number of hydrogen-bond acceptors (Lipinski definition) is 7. The van der Waals surface area contributed by atoms with E-state index in [9.17, 15) is 24.0 Å². The van der Waals surface area contributed by atoms with Gasteiger partial charge in [-0.3, -0.25) is 19.2 Å². The number of ether oxygens (including phenoxy) is 1. The SMILES string of the molecule is CC(OC(=O)c1ccc2c(c1)NC(=O)CS2)C(=O)Nc1cccc2c1C(=O)c1ccccc1C2=O. The van der Waals surface area contributed by atoms with Crippen LogP contribution in [-0.2, 0) is 14.3 Å². The molecule has 3 aromatic rings. The van der Waals surface area contributed by atoms with Gasteiger partial charge in [0, 0.05) is 21.6 Å². The number of fused-ring (bicyclic) bond motifs is 3. The number of carbonyl (C=O) groups is 5. The van der Waals surface area contributed by atoms with Crippen LogP contribution in [0.25, 0.3) is 0 Å². The molecule has 0 saturated heterocycles. The average molecular weight is 487 g/mol. The van der Waals surface area contributed by atoms with Crippen molar-refractivity contribution in [1.29, 1.82) is 0 Å². The van der Waals surface area contributed by atoms with Crippen LogP contribution in [0.4, 0.5) is 11.4 Å². The Balaban J connectivity index is 1.33. The molecular weight excluding hydrogens is 468 g/mol. The molecule has 0 fully saturated rings. The zero-order valence-corrected chi connectivity index (χ0v) is 19.2. The molecule has 8 nitrogen and oxygen atoms in total. The molecule has 3 aromatic carbocycles. The molecule has 1 heterocycles. The Bertz CT molecular complexity index is 1450. The van der Waals surface area contributed by atoms with E-state index in [2.05, 4.69) is 10.6 Å². The minimum absolute atomic E-state index is 0.103. The molecule has 9 heteroatoms. The summed E-state index contributed by atoms with van der Waals surface area (Å²) < 4.78 is 5.31. The number of hydrogen-bond donors (Lipinski definition) is 2. The van der Waals surface area contributed by atoms with Gasteiger partial charge in [0.1, 0.15) is 0 Å². The fraction of sp³-hybridized carbons (Fsp3) is 0.115. The summed E-state index contributed by atoms with van der Waals surface area (Å²) in [6.07, 6.45) is -1.19. The van der Waals surface area contributed by atoms with E-state index in [0.717, 1.165) is 4.90 Å². The first-order chi connectivity index (χ1) is 16.8. The van der Waals surface area contributed by atoms with Crippen molar-refractivity contribution >= 4 is 52.5 Å². The maximum atomic E-state index is 13.1. The second-order valence-electron chi connectivity index (χ2n) is 8.02. The molecule has 0 spiro atoms. The number of anilines is 2. The fourth-order valence-electron chi connectivity index (χ4n) is 3.98. The first-order valence-electron chi connectivity index (χ1n) is 10.7. The van der Waals surface area contributed by atoms with Crippen molar-refractivity contribution in [3.05, 3.63) is 88.5 Å². The monoisotopic (exact) mass is 486 g/mol. The summed E-state index contributed by atoms with van der Waals surface area (Å²) in [5.74, 6) is -1.93. The molecule has 0 bridgehead atoms. The van der Waals surface area contributed by atoms with Gasteiger partial charge >= 0.3 is 5.97 Å². The van der Waals surface area contributed by atoms with Crippen LogP contribution >= 0.6 is 11.8 Å². The minimum Gasteiger partial charge on any atom is -0.449 e. The Morgan fingerprint density at radius 3 is 2.43 bits per heavy atom. The molecule has 1 unspecified atom stereocenters. The predicted molar refractivity (Wildman–Crippen MR) is 129 cm³/mol. The molecule has 0 radical (unpaired) electrons. The van der Waals surface area contributed by atoms with Crippen molar-refractivity contribution in [2.75, 3.05) is 16.4 Å². The maximum Gasteiger partial charge on any atom is 0.338 e. The van der Waals surface area contributed by atoms with Gasteiger partial charge in [0.2, 0.25) is 5.91 Å². The van der Waals surface area contributed by atoms with E-state index in [0.29, 0.717) is 17.0 Å². The Morgan fingerprint density at radius 2 is 1.66 bits per heavy atom. The lowest BCUT2D eigenvalue weighted by molar-refractivity contribution is -0.123. The maximum absolute atomic E-state index is 13.1. The molecule has 5 rings (SSSR count). The largest absolute Gasteiger partial charge is 0.449 e. The molecular formula is C26H18N2O6S. The lowest BCUT2D eigenvalue weighted by Gasteiger charge is -2.21. The molecule has 35 heavy (non-hydrogen) atoms. The summed E-state index contributed by atoms with van der Waals surface area (Å²) in [5, 5.41) is 5.32. The van der Waals surface area contributed by atoms with E-state index in [1.807, 2.05) is 0 Å². The third kappa shape index (κ3) is 4.10. The minimum atomic E-state index is -1.19. The van der Waals surface area contributed by atoms with Gasteiger partial charge in [-0.05, 0) is 31.2 Å². The van der Waals surface area contributed by atoms with E-state index >= 15 is 0 Å². The molecule has 1 aliphatic carbocycles. The van der Waals surface area contributed by atoms with Gasteiger partial charge in [0.15, 0.2) is 17.7 Å². The smallest absolute Gasteiger partial charge is 0.338 e. The Kier molecular flexibility index (Phi) is 5.70. The summed E-state index contributed by atoms with van der Waals surface area (Å²) in [7, 11) is 0. The number of ketones is 2. The number of rotatable bonds is 4. The van der Waals surface area contributed by atoms with Gasteiger partial charge in [0.05, 0.1) is 28.3 Å². The zero-order valence-electron chi connectivity index (χ0n) is 18.4. The Labute approximate surface area is 204 Å². The van der Waals surface area contributed by atoms with Crippen molar-refractivity contribution in [2.45, 2.75) is 17.9 Å². The van der Waals surface area contributed by atoms with E-state index in [1.54, 1.807) is 42.5 Å². The predicted octanol–water partition coefficient (Wildman–Crippen LogP) is 3.69. The Hall–Kier alpha value is -4.24. The van der Waals surface area contributed by atoms with E-state index in [4.69, 9.17) is 4.74 Å². The molecule has 1 atom stereocenters. The highest BCUT2D eigenvalue weighted by Gasteiger charge is 2.32. The van der Waals surface area contributed by atoms with Crippen LogP contribution in [0.2, 0.25) is 0 Å². The van der Waals surface area contributed by atoms with Crippen LogP contribution in [0, 0.1) is 0 Å². The molecule has 2 aliphatic rings. The number of esters is 1. The lowest BCUT2D eigenvalue weighted by atomic mass is 9.83. The second kappa shape index (κ2) is 8.84. The summed E-state index contributed by atoms with van der Waals surface area (Å²) in [4.78, 5) is 63.9. The lowest BCUT2D eigenvalue weighted by Crippen LogP contribution is -2.31. The average Bonchev–Trinajstić information content (AvgIpc) is 2.86. The standard InChI is InChI=1S/C26H18N2O6S/c1-13(34-26(33)14-9-10-20-19(11-14)27-21(29)12-35-20)25(32)28-18-8-4-7-17-22(18)24(31)16-6-3-2-5-15(16)23(17)30/h2-11,13H,12H2,1H3,(H,27,29)(H,28,32). The van der Waals surface area contributed by atoms with Crippen LogP contribution in [0.15, 0.2) is 65.6 Å². The zero-order chi connectivity index (χ0) is 24.7. The van der Waals surface area contributed by atoms with Gasteiger partial charge in [-0.25, -0.2) is 4.79 Å². The van der Waals surface area contributed by atoms with E-state index in [-0.39, 0.29) is 45.4 Å². The van der Waals surface area contributed by atoms with Crippen LogP contribution in [-0.4, -0.2) is 41.2 Å². The van der Waals surface area contributed by atoms with Crippen molar-refractivity contribution < 1.29 is 28.7 Å². The van der Waals surface area contributed by atoms with Crippen molar-refractivity contribution in [3.63, 3.8) is 0 Å². The molecule has 2 N–H and O–H groups in total. The number of carbonyl (C=O) groups excluding carboxylic acids is 5. The highest BCUT2D eigenvalue weighted by molar-refractivity contribution is 8.00. The number of thioether (sulfide) groups is 1. The third-order valence-electron chi connectivity index (χ3n) is 5.71. The first kappa shape index (κ1) is 22.5. The fourth-order valence-corrected chi connectivity index (χ4v) is 4.76. The van der Waals surface area contributed by atoms with Gasteiger partial charge in [-0.15, -0.1) is 11.8 Å². The van der Waals surface area contributed by atoms with Crippen molar-refractivity contribution in [2.24, 2.45) is 0 Å². The molecule has 174 valence electrons. The van der Waals surface area contributed by atoms with Gasteiger partial charge in [-0.2, -0.15) is 0 Å². The Morgan fingerprint density at radius 1 is 0.943 bits per heavy atom. The molecule has 0 aromatic heterocycles. The van der Waals surface area contributed by atoms with E-state index in [1.165, 1.54) is 36.9 Å². The van der Waals surface area contributed by atoms with Gasteiger partial charge < -0.3 is 15.4 Å². The number of benzene rings is 3. The molecule has 0 saturated carbocycles. The number of amides is 2. The van der Waals surface area contributed by atoms with Crippen LogP contribution in [0.3, 0.4) is 0 Å². The van der Waals surface area contributed by atoms with Crippen LogP contribution in [0.5, 0.6) is 0 Å². The quantitative estimate of drug-likeness (QED) is 0.422. The summed E-state index contributed by atoms with van der Waals surface area (Å²) in [5.41, 5.74) is 1.74. The van der Waals surface area contributed by atoms with Gasteiger partial charge in [-0.1, -0.05) is 36.4 Å². The number of nitrogens with one attached hydrogen (secondary N) is 2. The van der Waals surface area contributed by atoms with Gasteiger partial charge in [0.25, 0.3) is 5.91 Å². The highest BCUT2D eigenvalue weighted by Crippen LogP contribution is 2.33. The second-order valence-corrected chi connectivity index (χ2v) is 9.03. The molecule has 2 amide bonds. The normalized spacial score (nSPS) is 14.7. The summed E-state index contributed by atoms with van der Waals surface area (Å²) in [6, 6.07) is 15.9. The van der Waals surface area contributed by atoms with E-state index < -0.39 is 18.0 Å². The van der Waals surface area contributed by atoms with Crippen LogP contribution < -0.4 is 10.6 Å².